The Labute approximate surface area is 105 Å². The number of nitrogens with zero attached hydrogens (tertiary/aromatic N) is 1. The third-order valence-electron chi connectivity index (χ3n) is 2.92. The van der Waals surface area contributed by atoms with Gasteiger partial charge in [0.2, 0.25) is 0 Å². The van der Waals surface area contributed by atoms with Crippen LogP contribution in [0, 0.1) is 0 Å². The van der Waals surface area contributed by atoms with E-state index in [0.717, 1.165) is 22.0 Å². The molecular weight excluding hydrogens is 222 g/mol. The van der Waals surface area contributed by atoms with Crippen LogP contribution in [0.5, 0.6) is 0 Å². The second kappa shape index (κ2) is 4.41. The van der Waals surface area contributed by atoms with Gasteiger partial charge in [0.1, 0.15) is 5.69 Å². The molecule has 2 nitrogen and oxygen atoms in total. The number of hydrogen-bond donors (Lipinski definition) is 0. The molecule has 0 aliphatic heterocycles. The average Bonchev–Trinajstić information content (AvgIpc) is 2.47. The van der Waals surface area contributed by atoms with Crippen molar-refractivity contribution in [3.8, 4) is 11.1 Å². The summed E-state index contributed by atoms with van der Waals surface area (Å²) in [6.45, 7) is 0. The van der Waals surface area contributed by atoms with E-state index in [-0.39, 0.29) is 0 Å². The molecule has 0 fully saturated rings. The smallest absolute Gasteiger partial charge is 0.253 e. The van der Waals surface area contributed by atoms with Gasteiger partial charge < -0.3 is 0 Å². The zero-order valence-corrected chi connectivity index (χ0v) is 9.63. The average molecular weight is 232 g/mol. The predicted octanol–water partition coefficient (Wildman–Crippen LogP) is 3.36. The zero-order valence-electron chi connectivity index (χ0n) is 9.63. The van der Waals surface area contributed by atoms with E-state index in [1.165, 1.54) is 0 Å². The lowest BCUT2D eigenvalue weighted by atomic mass is 10.0. The minimum Gasteiger partial charge on any atom is -0.283 e. The lowest BCUT2D eigenvalue weighted by Gasteiger charge is -2.06. The maximum Gasteiger partial charge on any atom is 0.253 e. The van der Waals surface area contributed by atoms with Crippen molar-refractivity contribution in [2.24, 2.45) is 0 Å². The number of carbonyl (C=O) groups excluding carboxylic acids is 1. The summed E-state index contributed by atoms with van der Waals surface area (Å²) in [7, 11) is 0. The molecule has 2 aromatic carbocycles. The maximum atomic E-state index is 10.6. The molecule has 85 valence electrons. The highest BCUT2D eigenvalue weighted by atomic mass is 16.1. The van der Waals surface area contributed by atoms with Crippen molar-refractivity contribution in [2.75, 3.05) is 0 Å². The van der Waals surface area contributed by atoms with Gasteiger partial charge in [0.15, 0.2) is 0 Å². The first-order chi connectivity index (χ1) is 8.88. The van der Waals surface area contributed by atoms with Gasteiger partial charge in [0.25, 0.3) is 6.29 Å². The van der Waals surface area contributed by atoms with Gasteiger partial charge in [-0.05, 0) is 29.3 Å². The quantitative estimate of drug-likeness (QED) is 0.678. The summed E-state index contributed by atoms with van der Waals surface area (Å²) in [5.74, 6) is 0. The Balaban J connectivity index is 2.28. The van der Waals surface area contributed by atoms with Gasteiger partial charge in [0, 0.05) is 5.39 Å². The van der Waals surface area contributed by atoms with E-state index >= 15 is 0 Å². The van der Waals surface area contributed by atoms with E-state index in [2.05, 4.69) is 23.2 Å². The fraction of sp³-hybridized carbons (Fsp3) is 0. The number of benzene rings is 2. The van der Waals surface area contributed by atoms with E-state index in [1.807, 2.05) is 42.7 Å². The molecule has 1 heterocycles. The lowest BCUT2D eigenvalue weighted by molar-refractivity contribution is 0.561. The Kier molecular flexibility index (Phi) is 2.61. The molecule has 0 bridgehead atoms. The van der Waals surface area contributed by atoms with Gasteiger partial charge in [-0.25, -0.2) is 4.98 Å². The molecule has 1 aromatic heterocycles. The van der Waals surface area contributed by atoms with Crippen LogP contribution < -0.4 is 0 Å². The van der Waals surface area contributed by atoms with Gasteiger partial charge in [-0.3, -0.25) is 4.79 Å². The van der Waals surface area contributed by atoms with Gasteiger partial charge in [-0.15, -0.1) is 0 Å². The van der Waals surface area contributed by atoms with Crippen molar-refractivity contribution in [3.05, 3.63) is 66.4 Å². The summed E-state index contributed by atoms with van der Waals surface area (Å²) in [6, 6.07) is 19.7. The Morgan fingerprint density at radius 3 is 2.44 bits per heavy atom. The molecule has 0 aliphatic rings. The predicted molar refractivity (Wildman–Crippen MR) is 72.0 cm³/mol. The van der Waals surface area contributed by atoms with Crippen LogP contribution >= 0.6 is 0 Å². The summed E-state index contributed by atoms with van der Waals surface area (Å²) in [4.78, 5) is 14.9. The van der Waals surface area contributed by atoms with E-state index in [1.54, 1.807) is 6.07 Å². The van der Waals surface area contributed by atoms with Gasteiger partial charge in [-0.2, -0.15) is 0 Å². The Morgan fingerprint density at radius 1 is 0.833 bits per heavy atom. The second-order valence-electron chi connectivity index (χ2n) is 4.04. The minimum absolute atomic E-state index is 0.340. The Morgan fingerprint density at radius 2 is 1.67 bits per heavy atom. The Bertz CT molecular complexity index is 705. The fourth-order valence-corrected chi connectivity index (χ4v) is 2.08. The third kappa shape index (κ3) is 1.78. The van der Waals surface area contributed by atoms with E-state index in [0.29, 0.717) is 5.69 Å². The van der Waals surface area contributed by atoms with Crippen molar-refractivity contribution >= 4 is 17.2 Å². The molecule has 0 N–H and O–H groups in total. The second-order valence-corrected chi connectivity index (χ2v) is 4.04. The molecule has 0 amide bonds. The summed E-state index contributed by atoms with van der Waals surface area (Å²) < 4.78 is 0. The van der Waals surface area contributed by atoms with Crippen LogP contribution in [0.2, 0.25) is 0 Å². The van der Waals surface area contributed by atoms with Crippen LogP contribution in [0.25, 0.3) is 22.0 Å². The SMILES string of the molecule is O=[C]c1ccc2c(-c3ccccc3)cccc2n1. The molecule has 2 heteroatoms. The zero-order chi connectivity index (χ0) is 12.4. The highest BCUT2D eigenvalue weighted by Crippen LogP contribution is 2.27. The number of hydrogen-bond acceptors (Lipinski definition) is 2. The van der Waals surface area contributed by atoms with Gasteiger partial charge >= 0.3 is 0 Å². The highest BCUT2D eigenvalue weighted by Gasteiger charge is 2.04. The van der Waals surface area contributed by atoms with Crippen LogP contribution in [-0.4, -0.2) is 11.3 Å². The van der Waals surface area contributed by atoms with Crippen molar-refractivity contribution in [2.45, 2.75) is 0 Å². The topological polar surface area (TPSA) is 30.0 Å². The molecule has 0 saturated carbocycles. The van der Waals surface area contributed by atoms with E-state index in [9.17, 15) is 4.79 Å². The fourth-order valence-electron chi connectivity index (χ4n) is 2.08. The third-order valence-corrected chi connectivity index (χ3v) is 2.92. The molecule has 3 rings (SSSR count). The minimum atomic E-state index is 0.340. The Hall–Kier alpha value is -2.48. The van der Waals surface area contributed by atoms with Gasteiger partial charge in [0.05, 0.1) is 5.52 Å². The van der Waals surface area contributed by atoms with Crippen LogP contribution in [0.3, 0.4) is 0 Å². The maximum absolute atomic E-state index is 10.6. The van der Waals surface area contributed by atoms with Crippen LogP contribution in [0.4, 0.5) is 0 Å². The largest absolute Gasteiger partial charge is 0.283 e. The summed E-state index contributed by atoms with van der Waals surface area (Å²) in [5.41, 5.74) is 3.43. The summed E-state index contributed by atoms with van der Waals surface area (Å²) in [5, 5.41) is 1.04. The molecule has 3 aromatic rings. The molecule has 1 radical (unpaired) electrons. The number of pyridine rings is 1. The summed E-state index contributed by atoms with van der Waals surface area (Å²) in [6.07, 6.45) is 1.82. The van der Waals surface area contributed by atoms with Crippen LogP contribution in [0.1, 0.15) is 5.69 Å². The molecule has 0 spiro atoms. The number of aromatic nitrogens is 1. The molecule has 0 unspecified atom stereocenters. The van der Waals surface area contributed by atoms with Crippen LogP contribution in [0.15, 0.2) is 60.7 Å². The van der Waals surface area contributed by atoms with Gasteiger partial charge in [-0.1, -0.05) is 42.5 Å². The molecule has 0 atom stereocenters. The standard InChI is InChI=1S/C16H10NO/c18-11-13-9-10-15-14(7-4-8-16(15)17-13)12-5-2-1-3-6-12/h1-10H. The monoisotopic (exact) mass is 232 g/mol. The molecule has 0 saturated heterocycles. The summed E-state index contributed by atoms with van der Waals surface area (Å²) >= 11 is 0. The first-order valence-corrected chi connectivity index (χ1v) is 5.72. The normalized spacial score (nSPS) is 10.4. The molecule has 18 heavy (non-hydrogen) atoms. The molecule has 0 aliphatic carbocycles. The number of rotatable bonds is 2. The highest BCUT2D eigenvalue weighted by molar-refractivity contribution is 5.95. The molecular formula is C16H10NO. The van der Waals surface area contributed by atoms with Crippen molar-refractivity contribution < 1.29 is 4.79 Å². The first-order valence-electron chi connectivity index (χ1n) is 5.72. The van der Waals surface area contributed by atoms with Crippen molar-refractivity contribution in [1.29, 1.82) is 0 Å². The number of fused-ring (bicyclic) bond motifs is 1. The van der Waals surface area contributed by atoms with Crippen molar-refractivity contribution in [3.63, 3.8) is 0 Å². The van der Waals surface area contributed by atoms with Crippen LogP contribution in [-0.2, 0) is 4.79 Å². The van der Waals surface area contributed by atoms with Crippen molar-refractivity contribution in [1.82, 2.24) is 4.98 Å². The lowest BCUT2D eigenvalue weighted by Crippen LogP contribution is -1.89. The van der Waals surface area contributed by atoms with E-state index in [4.69, 9.17) is 0 Å². The first kappa shape index (κ1) is 10.7. The van der Waals surface area contributed by atoms with E-state index < -0.39 is 0 Å².